The van der Waals surface area contributed by atoms with Crippen molar-refractivity contribution in [1.29, 1.82) is 0 Å². The van der Waals surface area contributed by atoms with Crippen molar-refractivity contribution in [3.8, 4) is 0 Å². The van der Waals surface area contributed by atoms with E-state index in [1.165, 1.54) is 0 Å². The Morgan fingerprint density at radius 1 is 1.33 bits per heavy atom. The summed E-state index contributed by atoms with van der Waals surface area (Å²) >= 11 is 5.68. The number of aliphatic hydroxyl groups is 1. The Labute approximate surface area is 82.8 Å². The van der Waals surface area contributed by atoms with Crippen LogP contribution in [0.3, 0.4) is 0 Å². The van der Waals surface area contributed by atoms with E-state index in [0.717, 1.165) is 0 Å². The molecule has 0 bridgehead atoms. The largest absolute Gasteiger partial charge is 0.370 e. The molecule has 1 aromatic rings. The summed E-state index contributed by atoms with van der Waals surface area (Å²) in [5, 5.41) is 8.02. The molecule has 0 saturated carbocycles. The van der Waals surface area contributed by atoms with Gasteiger partial charge in [0.05, 0.1) is 0 Å². The molecule has 2 nitrogen and oxygen atoms in total. The second-order valence-corrected chi connectivity index (χ2v) is 2.95. The first-order chi connectivity index (χ1) is 5.17. The van der Waals surface area contributed by atoms with Gasteiger partial charge in [0.25, 0.3) is 0 Å². The Balaban J connectivity index is 0.00000121. The highest BCUT2D eigenvalue weighted by Gasteiger charge is 2.22. The van der Waals surface area contributed by atoms with Gasteiger partial charge in [-0.25, -0.2) is 0 Å². The van der Waals surface area contributed by atoms with Crippen molar-refractivity contribution in [1.82, 2.24) is 0 Å². The van der Waals surface area contributed by atoms with E-state index in [1.807, 2.05) is 6.07 Å². The van der Waals surface area contributed by atoms with Gasteiger partial charge in [-0.2, -0.15) is 0 Å². The molecule has 68 valence electrons. The molecule has 4 heteroatoms. The molecule has 1 rings (SSSR count). The molecule has 0 amide bonds. The van der Waals surface area contributed by atoms with Crippen molar-refractivity contribution in [3.63, 3.8) is 0 Å². The second-order valence-electron chi connectivity index (χ2n) is 2.33. The maximum Gasteiger partial charge on any atom is 0.176 e. The van der Waals surface area contributed by atoms with E-state index in [0.29, 0.717) is 5.56 Å². The van der Waals surface area contributed by atoms with Crippen molar-refractivity contribution in [2.45, 2.75) is 5.06 Å². The summed E-state index contributed by atoms with van der Waals surface area (Å²) in [7, 11) is 0. The fourth-order valence-corrected chi connectivity index (χ4v) is 0.937. The Bertz CT molecular complexity index is 226. The molecule has 0 aliphatic heterocycles. The van der Waals surface area contributed by atoms with Gasteiger partial charge in [-0.15, -0.1) is 12.4 Å². The van der Waals surface area contributed by atoms with Crippen molar-refractivity contribution >= 4 is 24.0 Å². The molecule has 0 saturated heterocycles. The first kappa shape index (κ1) is 11.7. The molecule has 0 aliphatic rings. The zero-order valence-electron chi connectivity index (χ0n) is 6.40. The van der Waals surface area contributed by atoms with Crippen LogP contribution in [0.4, 0.5) is 0 Å². The third-order valence-electron chi connectivity index (χ3n) is 1.49. The number of alkyl halides is 1. The van der Waals surface area contributed by atoms with Crippen LogP contribution in [0.1, 0.15) is 5.56 Å². The zero-order valence-corrected chi connectivity index (χ0v) is 7.98. The lowest BCUT2D eigenvalue weighted by Crippen LogP contribution is -2.28. The standard InChI is InChI=1S/C8H10ClNO.ClH/c9-8(11,6-10)7-4-2-1-3-5-7;/h1-5,11H,6,10H2;1H. The van der Waals surface area contributed by atoms with Crippen LogP contribution in [0.2, 0.25) is 0 Å². The average molecular weight is 208 g/mol. The Morgan fingerprint density at radius 2 is 1.83 bits per heavy atom. The van der Waals surface area contributed by atoms with E-state index in [1.54, 1.807) is 24.3 Å². The Hall–Kier alpha value is -0.280. The molecular formula is C8H11Cl2NO. The van der Waals surface area contributed by atoms with E-state index in [4.69, 9.17) is 17.3 Å². The number of halogens is 2. The number of nitrogens with two attached hydrogens (primary N) is 1. The van der Waals surface area contributed by atoms with Gasteiger partial charge in [-0.3, -0.25) is 0 Å². The van der Waals surface area contributed by atoms with Crippen LogP contribution in [-0.2, 0) is 5.06 Å². The molecule has 0 aromatic heterocycles. The van der Waals surface area contributed by atoms with Crippen LogP contribution in [0.15, 0.2) is 30.3 Å². The summed E-state index contributed by atoms with van der Waals surface area (Å²) in [4.78, 5) is 0. The summed E-state index contributed by atoms with van der Waals surface area (Å²) in [6.45, 7) is 0.0125. The summed E-state index contributed by atoms with van der Waals surface area (Å²) in [5.41, 5.74) is 5.89. The molecule has 1 aromatic carbocycles. The molecular weight excluding hydrogens is 197 g/mol. The molecule has 12 heavy (non-hydrogen) atoms. The first-order valence-corrected chi connectivity index (χ1v) is 3.71. The lowest BCUT2D eigenvalue weighted by molar-refractivity contribution is 0.138. The topological polar surface area (TPSA) is 46.2 Å². The SMILES string of the molecule is Cl.NCC(O)(Cl)c1ccccc1. The summed E-state index contributed by atoms with van der Waals surface area (Å²) < 4.78 is 0. The Kier molecular flexibility index (Phi) is 4.57. The van der Waals surface area contributed by atoms with Gasteiger partial charge in [0, 0.05) is 12.1 Å². The first-order valence-electron chi connectivity index (χ1n) is 3.34. The van der Waals surface area contributed by atoms with E-state index < -0.39 is 5.06 Å². The van der Waals surface area contributed by atoms with Crippen LogP contribution in [-0.4, -0.2) is 11.7 Å². The van der Waals surface area contributed by atoms with Gasteiger partial charge in [0.15, 0.2) is 5.06 Å². The van der Waals surface area contributed by atoms with Gasteiger partial charge in [-0.1, -0.05) is 41.9 Å². The van der Waals surface area contributed by atoms with E-state index in [-0.39, 0.29) is 19.0 Å². The summed E-state index contributed by atoms with van der Waals surface area (Å²) in [5.74, 6) is 0. The average Bonchev–Trinajstić information content (AvgIpc) is 2.06. The van der Waals surface area contributed by atoms with Crippen molar-refractivity contribution < 1.29 is 5.11 Å². The lowest BCUT2D eigenvalue weighted by Gasteiger charge is -2.18. The lowest BCUT2D eigenvalue weighted by atomic mass is 10.1. The minimum atomic E-state index is -1.42. The molecule has 0 aliphatic carbocycles. The minimum absolute atomic E-state index is 0. The fourth-order valence-electron chi connectivity index (χ4n) is 0.811. The highest BCUT2D eigenvalue weighted by molar-refractivity contribution is 6.22. The molecule has 0 radical (unpaired) electrons. The molecule has 1 atom stereocenters. The van der Waals surface area contributed by atoms with Gasteiger partial charge < -0.3 is 10.8 Å². The third-order valence-corrected chi connectivity index (χ3v) is 1.86. The molecule has 0 spiro atoms. The van der Waals surface area contributed by atoms with Gasteiger partial charge >= 0.3 is 0 Å². The van der Waals surface area contributed by atoms with Gasteiger partial charge in [-0.05, 0) is 0 Å². The van der Waals surface area contributed by atoms with Crippen molar-refractivity contribution in [2.24, 2.45) is 5.73 Å². The monoisotopic (exact) mass is 207 g/mol. The fraction of sp³-hybridized carbons (Fsp3) is 0.250. The van der Waals surface area contributed by atoms with Gasteiger partial charge in [0.1, 0.15) is 0 Å². The predicted octanol–water partition coefficient (Wildman–Crippen LogP) is 1.45. The van der Waals surface area contributed by atoms with Crippen LogP contribution in [0, 0.1) is 0 Å². The van der Waals surface area contributed by atoms with Crippen LogP contribution < -0.4 is 5.73 Å². The van der Waals surface area contributed by atoms with Crippen LogP contribution in [0.25, 0.3) is 0 Å². The van der Waals surface area contributed by atoms with Crippen LogP contribution in [0.5, 0.6) is 0 Å². The number of rotatable bonds is 2. The second kappa shape index (κ2) is 4.67. The van der Waals surface area contributed by atoms with E-state index in [2.05, 4.69) is 0 Å². The maximum atomic E-state index is 9.43. The minimum Gasteiger partial charge on any atom is -0.370 e. The molecule has 1 unspecified atom stereocenters. The highest BCUT2D eigenvalue weighted by atomic mass is 35.5. The number of benzene rings is 1. The summed E-state index contributed by atoms with van der Waals surface area (Å²) in [6.07, 6.45) is 0. The molecule has 3 N–H and O–H groups in total. The van der Waals surface area contributed by atoms with Crippen LogP contribution >= 0.6 is 24.0 Å². The number of hydrogen-bond donors (Lipinski definition) is 2. The van der Waals surface area contributed by atoms with E-state index in [9.17, 15) is 5.11 Å². The predicted molar refractivity (Wildman–Crippen MR) is 52.5 cm³/mol. The zero-order chi connectivity index (χ0) is 8.32. The van der Waals surface area contributed by atoms with Gasteiger partial charge in [0.2, 0.25) is 0 Å². The van der Waals surface area contributed by atoms with Crippen molar-refractivity contribution in [2.75, 3.05) is 6.54 Å². The normalized spacial score (nSPS) is 14.6. The third kappa shape index (κ3) is 2.64. The quantitative estimate of drug-likeness (QED) is 0.722. The summed E-state index contributed by atoms with van der Waals surface area (Å²) in [6, 6.07) is 8.93. The highest BCUT2D eigenvalue weighted by Crippen LogP contribution is 2.23. The molecule has 0 heterocycles. The van der Waals surface area contributed by atoms with E-state index >= 15 is 0 Å². The Morgan fingerprint density at radius 3 is 2.25 bits per heavy atom. The number of hydrogen-bond acceptors (Lipinski definition) is 2. The van der Waals surface area contributed by atoms with Crippen molar-refractivity contribution in [3.05, 3.63) is 35.9 Å². The smallest absolute Gasteiger partial charge is 0.176 e. The molecule has 0 fully saturated rings. The maximum absolute atomic E-state index is 9.43.